The normalized spacial score (nSPS) is 20.7. The molecule has 0 radical (unpaired) electrons. The molecule has 0 bridgehead atoms. The number of pyridine rings is 2. The Morgan fingerprint density at radius 2 is 1.79 bits per heavy atom. The highest BCUT2D eigenvalue weighted by molar-refractivity contribution is 6.32. The fraction of sp³-hybridized carbons (Fsp3) is 0.375. The number of alkyl halides is 3. The monoisotopic (exact) mass is 558 g/mol. The summed E-state index contributed by atoms with van der Waals surface area (Å²) in [5, 5.41) is 20.9. The quantitative estimate of drug-likeness (QED) is 0.416. The van der Waals surface area contributed by atoms with Crippen molar-refractivity contribution in [1.29, 1.82) is 0 Å². The standard InChI is InChI=1S/C24H20ClF5N4O4/c25-14-5-11(26)6-15(27)19(14)34-7-13(23(38)32-21(10-1-2-10)24(28,29)30)20(37)12-3-4-18(31-22(12)34)33-8-16(35)17(36)9-33/h3-7,10,16-17,21,35-36H,1-2,8-9H2,(H,32,38)/t16-,17-,21?/m1/s1. The lowest BCUT2D eigenvalue weighted by Crippen LogP contribution is -2.48. The average Bonchev–Trinajstić information content (AvgIpc) is 3.61. The molecule has 1 saturated carbocycles. The Hall–Kier alpha value is -3.29. The van der Waals surface area contributed by atoms with E-state index in [0.717, 1.165) is 16.8 Å². The molecular formula is C24H20ClF5N4O4. The van der Waals surface area contributed by atoms with Gasteiger partial charge in [0.25, 0.3) is 5.91 Å². The molecule has 202 valence electrons. The number of anilines is 1. The molecule has 2 fully saturated rings. The van der Waals surface area contributed by atoms with E-state index in [1.54, 1.807) is 0 Å². The number of aliphatic hydroxyl groups excluding tert-OH is 2. The minimum Gasteiger partial charge on any atom is -0.389 e. The van der Waals surface area contributed by atoms with Gasteiger partial charge >= 0.3 is 6.18 Å². The lowest BCUT2D eigenvalue weighted by molar-refractivity contribution is -0.158. The molecule has 1 aliphatic heterocycles. The first-order valence-corrected chi connectivity index (χ1v) is 11.9. The van der Waals surface area contributed by atoms with Gasteiger partial charge in [-0.05, 0) is 37.0 Å². The van der Waals surface area contributed by atoms with Crippen molar-refractivity contribution in [3.63, 3.8) is 0 Å². The van der Waals surface area contributed by atoms with E-state index < -0.39 is 69.6 Å². The van der Waals surface area contributed by atoms with Crippen LogP contribution in [0.4, 0.5) is 27.8 Å². The SMILES string of the molecule is O=C(NC(C1CC1)C(F)(F)F)c1cn(-c2c(F)cc(F)cc2Cl)c2nc(N3C[C@@H](O)[C@H](O)C3)ccc2c1=O. The van der Waals surface area contributed by atoms with Gasteiger partial charge in [0.1, 0.15) is 28.9 Å². The molecule has 14 heteroatoms. The molecule has 1 amide bonds. The minimum absolute atomic E-state index is 0.00391. The van der Waals surface area contributed by atoms with Crippen molar-refractivity contribution in [1.82, 2.24) is 14.9 Å². The Balaban J connectivity index is 1.68. The number of benzene rings is 1. The molecule has 1 aliphatic carbocycles. The summed E-state index contributed by atoms with van der Waals surface area (Å²) in [7, 11) is 0. The molecule has 3 atom stereocenters. The van der Waals surface area contributed by atoms with E-state index in [1.807, 2.05) is 5.32 Å². The number of hydrogen-bond acceptors (Lipinski definition) is 6. The van der Waals surface area contributed by atoms with Gasteiger partial charge in [-0.1, -0.05) is 11.6 Å². The van der Waals surface area contributed by atoms with Gasteiger partial charge < -0.3 is 20.4 Å². The first-order chi connectivity index (χ1) is 17.8. The highest BCUT2D eigenvalue weighted by atomic mass is 35.5. The number of hydrogen-bond donors (Lipinski definition) is 3. The van der Waals surface area contributed by atoms with Crippen LogP contribution in [0.15, 0.2) is 35.3 Å². The number of β-amino-alcohol motifs (C(OH)–C–C–N with tert-alkyl or cyclic N) is 2. The third-order valence-electron chi connectivity index (χ3n) is 6.62. The topological polar surface area (TPSA) is 108 Å². The molecule has 3 N–H and O–H groups in total. The smallest absolute Gasteiger partial charge is 0.389 e. The second kappa shape index (κ2) is 9.47. The van der Waals surface area contributed by atoms with E-state index in [4.69, 9.17) is 11.6 Å². The van der Waals surface area contributed by atoms with Crippen molar-refractivity contribution in [3.8, 4) is 5.69 Å². The molecule has 38 heavy (non-hydrogen) atoms. The lowest BCUT2D eigenvalue weighted by atomic mass is 10.1. The van der Waals surface area contributed by atoms with Crippen LogP contribution in [0.5, 0.6) is 0 Å². The number of halogens is 6. The molecule has 0 spiro atoms. The number of carbonyl (C=O) groups excluding carboxylic acids is 1. The Morgan fingerprint density at radius 1 is 1.13 bits per heavy atom. The minimum atomic E-state index is -4.75. The van der Waals surface area contributed by atoms with Crippen molar-refractivity contribution in [3.05, 3.63) is 62.9 Å². The van der Waals surface area contributed by atoms with Gasteiger partial charge in [-0.15, -0.1) is 0 Å². The summed E-state index contributed by atoms with van der Waals surface area (Å²) in [4.78, 5) is 32.1. The van der Waals surface area contributed by atoms with E-state index in [9.17, 15) is 41.8 Å². The van der Waals surface area contributed by atoms with E-state index >= 15 is 0 Å². The fourth-order valence-corrected chi connectivity index (χ4v) is 4.82. The van der Waals surface area contributed by atoms with Gasteiger partial charge in [0.05, 0.1) is 22.6 Å². The number of carbonyl (C=O) groups is 1. The molecule has 1 unspecified atom stereocenters. The number of amides is 1. The zero-order valence-electron chi connectivity index (χ0n) is 19.3. The molecular weight excluding hydrogens is 539 g/mol. The maximum absolute atomic E-state index is 15.0. The number of nitrogens with one attached hydrogen (secondary N) is 1. The first kappa shape index (κ1) is 26.3. The van der Waals surface area contributed by atoms with Crippen molar-refractivity contribution >= 4 is 34.4 Å². The number of rotatable bonds is 5. The van der Waals surface area contributed by atoms with Gasteiger partial charge in [-0.25, -0.2) is 13.8 Å². The molecule has 3 heterocycles. The fourth-order valence-electron chi connectivity index (χ4n) is 4.54. The number of fused-ring (bicyclic) bond motifs is 1. The van der Waals surface area contributed by atoms with Crippen LogP contribution in [0, 0.1) is 17.6 Å². The van der Waals surface area contributed by atoms with Crippen LogP contribution in [-0.2, 0) is 0 Å². The number of aliphatic hydroxyl groups is 2. The summed E-state index contributed by atoms with van der Waals surface area (Å²) < 4.78 is 70.2. The van der Waals surface area contributed by atoms with Gasteiger partial charge in [0.15, 0.2) is 11.5 Å². The van der Waals surface area contributed by atoms with Crippen LogP contribution in [0.2, 0.25) is 5.02 Å². The zero-order valence-corrected chi connectivity index (χ0v) is 20.1. The van der Waals surface area contributed by atoms with Crippen molar-refractivity contribution in [2.24, 2.45) is 5.92 Å². The van der Waals surface area contributed by atoms with Gasteiger partial charge in [0, 0.05) is 25.4 Å². The number of aromatic nitrogens is 2. The van der Waals surface area contributed by atoms with Crippen molar-refractivity contribution in [2.75, 3.05) is 18.0 Å². The molecule has 1 saturated heterocycles. The van der Waals surface area contributed by atoms with E-state index in [1.165, 1.54) is 17.0 Å². The average molecular weight is 559 g/mol. The third-order valence-corrected chi connectivity index (χ3v) is 6.91. The van der Waals surface area contributed by atoms with Crippen molar-refractivity contribution < 1.29 is 37.0 Å². The second-order valence-corrected chi connectivity index (χ2v) is 9.78. The van der Waals surface area contributed by atoms with Crippen LogP contribution in [0.25, 0.3) is 16.7 Å². The Kier molecular flexibility index (Phi) is 6.56. The molecule has 1 aromatic carbocycles. The Morgan fingerprint density at radius 3 is 2.37 bits per heavy atom. The summed E-state index contributed by atoms with van der Waals surface area (Å²) in [6.07, 6.45) is -5.56. The zero-order chi connectivity index (χ0) is 27.5. The Labute approximate surface area is 216 Å². The van der Waals surface area contributed by atoms with Crippen LogP contribution in [0.1, 0.15) is 23.2 Å². The third kappa shape index (κ3) is 4.81. The van der Waals surface area contributed by atoms with Crippen LogP contribution in [-0.4, -0.2) is 63.2 Å². The highest BCUT2D eigenvalue weighted by Gasteiger charge is 2.50. The lowest BCUT2D eigenvalue weighted by Gasteiger charge is -2.22. The van der Waals surface area contributed by atoms with Crippen LogP contribution < -0.4 is 15.6 Å². The molecule has 3 aromatic rings. The molecule has 8 nitrogen and oxygen atoms in total. The summed E-state index contributed by atoms with van der Waals surface area (Å²) in [6.45, 7) is -0.00782. The Bertz CT molecular complexity index is 1460. The first-order valence-electron chi connectivity index (χ1n) is 11.5. The molecule has 2 aliphatic rings. The maximum Gasteiger partial charge on any atom is 0.408 e. The molecule has 5 rings (SSSR count). The largest absolute Gasteiger partial charge is 0.408 e. The van der Waals surface area contributed by atoms with E-state index in [0.29, 0.717) is 6.07 Å². The maximum atomic E-state index is 15.0. The molecule has 2 aromatic heterocycles. The summed E-state index contributed by atoms with van der Waals surface area (Å²) in [6, 6.07) is 1.72. The summed E-state index contributed by atoms with van der Waals surface area (Å²) in [5.41, 5.74) is -2.42. The predicted octanol–water partition coefficient (Wildman–Crippen LogP) is 2.93. The van der Waals surface area contributed by atoms with Crippen molar-refractivity contribution in [2.45, 2.75) is 37.3 Å². The predicted molar refractivity (Wildman–Crippen MR) is 127 cm³/mol. The van der Waals surface area contributed by atoms with E-state index in [2.05, 4.69) is 4.98 Å². The number of nitrogens with zero attached hydrogens (tertiary/aromatic N) is 3. The second-order valence-electron chi connectivity index (χ2n) is 9.37. The van der Waals surface area contributed by atoms with Gasteiger partial charge in [-0.3, -0.25) is 14.2 Å². The summed E-state index contributed by atoms with van der Waals surface area (Å²) >= 11 is 6.11. The van der Waals surface area contributed by atoms with Gasteiger partial charge in [-0.2, -0.15) is 13.2 Å². The van der Waals surface area contributed by atoms with Crippen LogP contribution >= 0.6 is 11.6 Å². The van der Waals surface area contributed by atoms with Gasteiger partial charge in [0.2, 0.25) is 5.43 Å². The highest BCUT2D eigenvalue weighted by Crippen LogP contribution is 2.40. The summed E-state index contributed by atoms with van der Waals surface area (Å²) in [5.74, 6) is -4.17. The van der Waals surface area contributed by atoms with Crippen LogP contribution in [0.3, 0.4) is 0 Å². The van der Waals surface area contributed by atoms with E-state index in [-0.39, 0.29) is 42.8 Å².